The minimum atomic E-state index is 0.446. The van der Waals surface area contributed by atoms with Gasteiger partial charge in [-0.15, -0.1) is 0 Å². The van der Waals surface area contributed by atoms with Crippen LogP contribution in [0.15, 0.2) is 49.1 Å². The molecule has 0 radical (unpaired) electrons. The number of rotatable bonds is 4. The van der Waals surface area contributed by atoms with Crippen LogP contribution in [0.2, 0.25) is 0 Å². The van der Waals surface area contributed by atoms with Gasteiger partial charge >= 0.3 is 0 Å². The SMILES string of the molecule is Cc1ncc(NO)cc1Nc1nccc(-c2cccnc2)n1. The Bertz CT molecular complexity index is 778. The molecule has 0 aliphatic heterocycles. The molecule has 0 fully saturated rings. The highest BCUT2D eigenvalue weighted by Crippen LogP contribution is 2.22. The molecule has 0 spiro atoms. The average Bonchev–Trinajstić information content (AvgIpc) is 2.58. The molecule has 3 heterocycles. The van der Waals surface area contributed by atoms with Crippen LogP contribution in [0.5, 0.6) is 0 Å². The molecule has 110 valence electrons. The fraction of sp³-hybridized carbons (Fsp3) is 0.0667. The second-order valence-corrected chi connectivity index (χ2v) is 4.60. The van der Waals surface area contributed by atoms with E-state index in [2.05, 4.69) is 30.7 Å². The minimum absolute atomic E-state index is 0.446. The van der Waals surface area contributed by atoms with Gasteiger partial charge in [-0.2, -0.15) is 0 Å². The number of nitrogens with zero attached hydrogens (tertiary/aromatic N) is 4. The van der Waals surface area contributed by atoms with E-state index in [1.54, 1.807) is 24.7 Å². The van der Waals surface area contributed by atoms with Crippen LogP contribution in [0.1, 0.15) is 5.69 Å². The van der Waals surface area contributed by atoms with Crippen LogP contribution in [0.4, 0.5) is 17.3 Å². The van der Waals surface area contributed by atoms with Crippen molar-refractivity contribution in [3.63, 3.8) is 0 Å². The van der Waals surface area contributed by atoms with Crippen molar-refractivity contribution in [1.82, 2.24) is 19.9 Å². The van der Waals surface area contributed by atoms with Crippen LogP contribution in [0.25, 0.3) is 11.3 Å². The summed E-state index contributed by atoms with van der Waals surface area (Å²) in [5.74, 6) is 0.446. The van der Waals surface area contributed by atoms with E-state index in [9.17, 15) is 0 Å². The number of aryl methyl sites for hydroxylation is 1. The molecular formula is C15H14N6O. The Morgan fingerprint density at radius 2 is 2.00 bits per heavy atom. The highest BCUT2D eigenvalue weighted by atomic mass is 16.5. The van der Waals surface area contributed by atoms with E-state index in [4.69, 9.17) is 5.21 Å². The van der Waals surface area contributed by atoms with Crippen molar-refractivity contribution >= 4 is 17.3 Å². The summed E-state index contributed by atoms with van der Waals surface area (Å²) >= 11 is 0. The number of nitrogens with one attached hydrogen (secondary N) is 2. The smallest absolute Gasteiger partial charge is 0.227 e. The highest BCUT2D eigenvalue weighted by molar-refractivity contribution is 5.64. The largest absolute Gasteiger partial charge is 0.322 e. The van der Waals surface area contributed by atoms with Crippen LogP contribution in [0.3, 0.4) is 0 Å². The van der Waals surface area contributed by atoms with Crippen LogP contribution in [-0.4, -0.2) is 25.1 Å². The van der Waals surface area contributed by atoms with Gasteiger partial charge in [0.1, 0.15) is 0 Å². The summed E-state index contributed by atoms with van der Waals surface area (Å²) in [6, 6.07) is 7.33. The zero-order valence-corrected chi connectivity index (χ0v) is 11.9. The van der Waals surface area contributed by atoms with Crippen LogP contribution >= 0.6 is 0 Å². The van der Waals surface area contributed by atoms with Gasteiger partial charge in [0.2, 0.25) is 5.95 Å². The molecule has 0 bridgehead atoms. The van der Waals surface area contributed by atoms with Gasteiger partial charge in [-0.1, -0.05) is 0 Å². The molecule has 7 heteroatoms. The number of anilines is 3. The van der Waals surface area contributed by atoms with Gasteiger partial charge in [-0.3, -0.25) is 20.7 Å². The summed E-state index contributed by atoms with van der Waals surface area (Å²) in [7, 11) is 0. The summed E-state index contributed by atoms with van der Waals surface area (Å²) < 4.78 is 0. The average molecular weight is 294 g/mol. The molecular weight excluding hydrogens is 280 g/mol. The summed E-state index contributed by atoms with van der Waals surface area (Å²) in [6.07, 6.45) is 6.67. The van der Waals surface area contributed by atoms with E-state index in [-0.39, 0.29) is 0 Å². The molecule has 0 aromatic carbocycles. The first-order valence-corrected chi connectivity index (χ1v) is 6.63. The number of hydrogen-bond donors (Lipinski definition) is 3. The van der Waals surface area contributed by atoms with E-state index >= 15 is 0 Å². The van der Waals surface area contributed by atoms with Gasteiger partial charge < -0.3 is 5.32 Å². The summed E-state index contributed by atoms with van der Waals surface area (Å²) in [5.41, 5.74) is 5.71. The molecule has 3 aromatic rings. The highest BCUT2D eigenvalue weighted by Gasteiger charge is 2.06. The molecule has 7 nitrogen and oxygen atoms in total. The molecule has 0 aliphatic carbocycles. The van der Waals surface area contributed by atoms with E-state index in [1.165, 1.54) is 6.20 Å². The Kier molecular flexibility index (Phi) is 3.88. The molecule has 0 atom stereocenters. The van der Waals surface area contributed by atoms with E-state index in [1.807, 2.05) is 25.1 Å². The number of hydrogen-bond acceptors (Lipinski definition) is 7. The van der Waals surface area contributed by atoms with Crippen molar-refractivity contribution in [3.05, 3.63) is 54.7 Å². The maximum atomic E-state index is 8.96. The number of pyridine rings is 2. The summed E-state index contributed by atoms with van der Waals surface area (Å²) in [4.78, 5) is 16.9. The molecule has 0 aliphatic rings. The van der Waals surface area contributed by atoms with Crippen molar-refractivity contribution in [1.29, 1.82) is 0 Å². The first-order chi connectivity index (χ1) is 10.8. The lowest BCUT2D eigenvalue weighted by atomic mass is 10.2. The van der Waals surface area contributed by atoms with Crippen molar-refractivity contribution in [2.24, 2.45) is 0 Å². The van der Waals surface area contributed by atoms with E-state index in [0.29, 0.717) is 17.3 Å². The zero-order chi connectivity index (χ0) is 15.4. The molecule has 3 N–H and O–H groups in total. The Balaban J connectivity index is 1.90. The molecule has 3 rings (SSSR count). The maximum absolute atomic E-state index is 8.96. The summed E-state index contributed by atoms with van der Waals surface area (Å²) in [6.45, 7) is 1.86. The first kappa shape index (κ1) is 13.9. The third kappa shape index (κ3) is 2.99. The predicted octanol–water partition coefficient (Wildman–Crippen LogP) is 2.79. The Morgan fingerprint density at radius 1 is 1.09 bits per heavy atom. The molecule has 0 saturated heterocycles. The van der Waals surface area contributed by atoms with Crippen molar-refractivity contribution in [3.8, 4) is 11.3 Å². The Hall–Kier alpha value is -3.06. The van der Waals surface area contributed by atoms with E-state index in [0.717, 1.165) is 17.0 Å². The predicted molar refractivity (Wildman–Crippen MR) is 82.9 cm³/mol. The van der Waals surface area contributed by atoms with Gasteiger partial charge in [-0.05, 0) is 31.2 Å². The van der Waals surface area contributed by atoms with E-state index < -0.39 is 0 Å². The topological polar surface area (TPSA) is 95.9 Å². The molecule has 0 unspecified atom stereocenters. The maximum Gasteiger partial charge on any atom is 0.227 e. The number of aromatic nitrogens is 4. The monoisotopic (exact) mass is 294 g/mol. The quantitative estimate of drug-likeness (QED) is 0.637. The fourth-order valence-electron chi connectivity index (χ4n) is 1.94. The summed E-state index contributed by atoms with van der Waals surface area (Å²) in [5, 5.41) is 12.1. The molecule has 0 saturated carbocycles. The van der Waals surface area contributed by atoms with Crippen LogP contribution in [-0.2, 0) is 0 Å². The minimum Gasteiger partial charge on any atom is -0.322 e. The van der Waals surface area contributed by atoms with Gasteiger partial charge in [0, 0.05) is 24.2 Å². The first-order valence-electron chi connectivity index (χ1n) is 6.63. The standard InChI is InChI=1S/C15H14N6O/c1-10-14(7-12(21-22)9-18-10)20-15-17-6-4-13(19-15)11-3-2-5-16-8-11/h2-9,21-22H,1H3,(H,17,19,20). The lowest BCUT2D eigenvalue weighted by Crippen LogP contribution is -2.02. The molecule has 3 aromatic heterocycles. The van der Waals surface area contributed by atoms with Crippen molar-refractivity contribution < 1.29 is 5.21 Å². The Morgan fingerprint density at radius 3 is 2.77 bits per heavy atom. The third-order valence-corrected chi connectivity index (χ3v) is 3.08. The normalized spacial score (nSPS) is 10.3. The second kappa shape index (κ2) is 6.15. The lowest BCUT2D eigenvalue weighted by Gasteiger charge is -2.10. The van der Waals surface area contributed by atoms with Gasteiger partial charge in [0.05, 0.1) is 29.0 Å². The zero-order valence-electron chi connectivity index (χ0n) is 11.9. The van der Waals surface area contributed by atoms with Crippen LogP contribution in [0, 0.1) is 6.92 Å². The van der Waals surface area contributed by atoms with Crippen molar-refractivity contribution in [2.45, 2.75) is 6.92 Å². The lowest BCUT2D eigenvalue weighted by molar-refractivity contribution is 0.388. The van der Waals surface area contributed by atoms with Gasteiger partial charge in [0.25, 0.3) is 0 Å². The fourth-order valence-corrected chi connectivity index (χ4v) is 1.94. The molecule has 0 amide bonds. The van der Waals surface area contributed by atoms with Gasteiger partial charge in [0.15, 0.2) is 0 Å². The third-order valence-electron chi connectivity index (χ3n) is 3.08. The second-order valence-electron chi connectivity index (χ2n) is 4.60. The van der Waals surface area contributed by atoms with Crippen LogP contribution < -0.4 is 10.8 Å². The van der Waals surface area contributed by atoms with Crippen molar-refractivity contribution in [2.75, 3.05) is 10.8 Å². The van der Waals surface area contributed by atoms with Gasteiger partial charge in [-0.25, -0.2) is 9.97 Å². The Labute approximate surface area is 127 Å². The molecule has 22 heavy (non-hydrogen) atoms.